The molecule has 0 fully saturated rings. The molecule has 0 radical (unpaired) electrons. The van der Waals surface area contributed by atoms with Gasteiger partial charge in [0.25, 0.3) is 11.8 Å². The van der Waals surface area contributed by atoms with E-state index in [4.69, 9.17) is 46.4 Å². The molecule has 3 amide bonds. The van der Waals surface area contributed by atoms with Crippen LogP contribution in [0.2, 0.25) is 20.1 Å². The van der Waals surface area contributed by atoms with Crippen molar-refractivity contribution in [3.8, 4) is 0 Å². The molecule has 11 heteroatoms. The summed E-state index contributed by atoms with van der Waals surface area (Å²) in [6.07, 6.45) is 2.02. The number of hydrogen-bond donors (Lipinski definition) is 3. The average Bonchev–Trinajstić information content (AvgIpc) is 2.96. The summed E-state index contributed by atoms with van der Waals surface area (Å²) < 4.78 is 0. The first kappa shape index (κ1) is 32.5. The smallest absolute Gasteiger partial charge is 0.272 e. The second-order valence-corrected chi connectivity index (χ2v) is 12.2. The van der Waals surface area contributed by atoms with Crippen LogP contribution >= 0.6 is 58.2 Å². The monoisotopic (exact) mass is 671 g/mol. The lowest BCUT2D eigenvalue weighted by Crippen LogP contribution is -2.30. The van der Waals surface area contributed by atoms with Crippen molar-refractivity contribution in [1.82, 2.24) is 5.32 Å². The Morgan fingerprint density at radius 1 is 0.767 bits per heavy atom. The highest BCUT2D eigenvalue weighted by Crippen LogP contribution is 2.30. The molecule has 6 nitrogen and oxygen atoms in total. The molecular formula is C32H25Cl4N3O3S. The number of thioether (sulfide) groups is 1. The molecule has 0 aliphatic rings. The fourth-order valence-corrected chi connectivity index (χ4v) is 5.90. The predicted octanol–water partition coefficient (Wildman–Crippen LogP) is 9.22. The number of anilines is 2. The first-order valence-electron chi connectivity index (χ1n) is 13.0. The van der Waals surface area contributed by atoms with E-state index in [-0.39, 0.29) is 11.6 Å². The Labute approximate surface area is 273 Å². The third-order valence-corrected chi connectivity index (χ3v) is 8.31. The number of benzene rings is 4. The van der Waals surface area contributed by atoms with Gasteiger partial charge in [-0.15, -0.1) is 11.8 Å². The van der Waals surface area contributed by atoms with Crippen molar-refractivity contribution in [3.63, 3.8) is 0 Å². The number of hydrogen-bond acceptors (Lipinski definition) is 4. The fourth-order valence-electron chi connectivity index (χ4n) is 3.90. The third-order valence-electron chi connectivity index (χ3n) is 5.95. The first-order chi connectivity index (χ1) is 20.6. The van der Waals surface area contributed by atoms with Gasteiger partial charge in [-0.1, -0.05) is 83.7 Å². The van der Waals surface area contributed by atoms with Crippen LogP contribution in [0.4, 0.5) is 11.4 Å². The zero-order valence-corrected chi connectivity index (χ0v) is 26.5. The number of carbonyl (C=O) groups excluding carboxylic acids is 3. The summed E-state index contributed by atoms with van der Waals surface area (Å²) in [5.74, 6) is -1.25. The highest BCUT2D eigenvalue weighted by molar-refractivity contribution is 8.00. The molecule has 0 saturated heterocycles. The lowest BCUT2D eigenvalue weighted by molar-refractivity contribution is -0.116. The van der Waals surface area contributed by atoms with Crippen LogP contribution in [0.5, 0.6) is 0 Å². The molecule has 4 aromatic carbocycles. The Bertz CT molecular complexity index is 1660. The van der Waals surface area contributed by atoms with Gasteiger partial charge in [0, 0.05) is 41.9 Å². The molecule has 0 aliphatic carbocycles. The third kappa shape index (κ3) is 9.51. The van der Waals surface area contributed by atoms with E-state index >= 15 is 0 Å². The Balaban J connectivity index is 1.52. The normalized spacial score (nSPS) is 11.9. The van der Waals surface area contributed by atoms with E-state index in [1.165, 1.54) is 17.8 Å². The van der Waals surface area contributed by atoms with Crippen LogP contribution in [0.1, 0.15) is 29.3 Å². The van der Waals surface area contributed by atoms with Crippen molar-refractivity contribution in [2.75, 3.05) is 10.6 Å². The minimum Gasteiger partial charge on any atom is -0.325 e. The Kier molecular flexibility index (Phi) is 11.6. The number of amides is 3. The van der Waals surface area contributed by atoms with Crippen LogP contribution in [-0.4, -0.2) is 23.0 Å². The summed E-state index contributed by atoms with van der Waals surface area (Å²) >= 11 is 25.8. The van der Waals surface area contributed by atoms with Gasteiger partial charge in [-0.05, 0) is 78.7 Å². The first-order valence-corrected chi connectivity index (χ1v) is 15.4. The predicted molar refractivity (Wildman–Crippen MR) is 178 cm³/mol. The average molecular weight is 673 g/mol. The van der Waals surface area contributed by atoms with Crippen molar-refractivity contribution in [2.24, 2.45) is 0 Å². The SMILES string of the molecule is CCC(Sc1cccc(NC(=O)/C(=C\c2ccc(Cl)cc2Cl)NC(=O)c2ccccc2)c1)C(=O)Nc1cc(Cl)cc(Cl)c1. The standard InChI is InChI=1S/C32H25Cl4N3O3S/c1-2-29(32(42)38-25-15-22(34)14-23(35)16-25)43-26-10-6-9-24(18-26)37-31(41)28(13-20-11-12-21(33)17-27(20)36)39-30(40)19-7-4-3-5-8-19/h3-18,29H,2H2,1H3,(H,37,41)(H,38,42)(H,39,40)/b28-13+. The minimum atomic E-state index is -0.569. The van der Waals surface area contributed by atoms with E-state index in [1.54, 1.807) is 84.9 Å². The maximum Gasteiger partial charge on any atom is 0.272 e. The van der Waals surface area contributed by atoms with E-state index in [2.05, 4.69) is 16.0 Å². The van der Waals surface area contributed by atoms with Gasteiger partial charge >= 0.3 is 0 Å². The molecule has 0 aromatic heterocycles. The molecular weight excluding hydrogens is 648 g/mol. The summed E-state index contributed by atoms with van der Waals surface area (Å²) in [5.41, 5.74) is 1.81. The van der Waals surface area contributed by atoms with Gasteiger partial charge in [0.05, 0.1) is 5.25 Å². The zero-order valence-electron chi connectivity index (χ0n) is 22.7. The lowest BCUT2D eigenvalue weighted by Gasteiger charge is -2.16. The molecule has 220 valence electrons. The molecule has 3 N–H and O–H groups in total. The molecule has 1 unspecified atom stereocenters. The Morgan fingerprint density at radius 3 is 2.16 bits per heavy atom. The second kappa shape index (κ2) is 15.3. The van der Waals surface area contributed by atoms with Gasteiger partial charge in [0.2, 0.25) is 5.91 Å². The molecule has 0 spiro atoms. The van der Waals surface area contributed by atoms with Crippen LogP contribution in [0.25, 0.3) is 6.08 Å². The van der Waals surface area contributed by atoms with Crippen molar-refractivity contribution in [2.45, 2.75) is 23.5 Å². The highest BCUT2D eigenvalue weighted by Gasteiger charge is 2.20. The molecule has 0 aliphatic heterocycles. The van der Waals surface area contributed by atoms with Crippen LogP contribution < -0.4 is 16.0 Å². The highest BCUT2D eigenvalue weighted by atomic mass is 35.5. The van der Waals surface area contributed by atoms with Crippen molar-refractivity contribution in [1.29, 1.82) is 0 Å². The van der Waals surface area contributed by atoms with Crippen molar-refractivity contribution in [3.05, 3.63) is 128 Å². The van der Waals surface area contributed by atoms with Crippen LogP contribution in [0.15, 0.2) is 102 Å². The summed E-state index contributed by atoms with van der Waals surface area (Å²) in [7, 11) is 0. The number of carbonyl (C=O) groups is 3. The van der Waals surface area contributed by atoms with Crippen LogP contribution in [0, 0.1) is 0 Å². The van der Waals surface area contributed by atoms with E-state index in [0.29, 0.717) is 49.0 Å². The molecule has 0 heterocycles. The number of halogens is 4. The molecule has 4 aromatic rings. The lowest BCUT2D eigenvalue weighted by atomic mass is 10.1. The molecule has 0 saturated carbocycles. The topological polar surface area (TPSA) is 87.3 Å². The molecule has 0 bridgehead atoms. The minimum absolute atomic E-state index is 0.0258. The maximum atomic E-state index is 13.5. The van der Waals surface area contributed by atoms with Gasteiger partial charge in [-0.3, -0.25) is 14.4 Å². The molecule has 43 heavy (non-hydrogen) atoms. The maximum absolute atomic E-state index is 13.5. The van der Waals surface area contributed by atoms with Crippen molar-refractivity contribution < 1.29 is 14.4 Å². The quantitative estimate of drug-likeness (QED) is 0.116. The van der Waals surface area contributed by atoms with Crippen molar-refractivity contribution >= 4 is 93.3 Å². The second-order valence-electron chi connectivity index (χ2n) is 9.19. The summed E-state index contributed by atoms with van der Waals surface area (Å²) in [5, 5.41) is 9.52. The Hall–Kier alpha value is -3.46. The van der Waals surface area contributed by atoms with E-state index in [9.17, 15) is 14.4 Å². The molecule has 4 rings (SSSR count). The Morgan fingerprint density at radius 2 is 1.49 bits per heavy atom. The van der Waals surface area contributed by atoms with E-state index < -0.39 is 17.1 Å². The summed E-state index contributed by atoms with van der Waals surface area (Å²) in [6.45, 7) is 1.90. The van der Waals surface area contributed by atoms with Gasteiger partial charge in [0.1, 0.15) is 5.70 Å². The number of rotatable bonds is 10. The summed E-state index contributed by atoms with van der Waals surface area (Å²) in [4.78, 5) is 40.2. The fraction of sp³-hybridized carbons (Fsp3) is 0.0938. The van der Waals surface area contributed by atoms with Crippen LogP contribution in [0.3, 0.4) is 0 Å². The van der Waals surface area contributed by atoms with Gasteiger partial charge in [-0.2, -0.15) is 0 Å². The zero-order chi connectivity index (χ0) is 30.9. The summed E-state index contributed by atoms with van der Waals surface area (Å²) in [6, 6.07) is 25.3. The number of nitrogens with one attached hydrogen (secondary N) is 3. The van der Waals surface area contributed by atoms with E-state index in [0.717, 1.165) is 4.90 Å². The van der Waals surface area contributed by atoms with Gasteiger partial charge in [0.15, 0.2) is 0 Å². The van der Waals surface area contributed by atoms with Gasteiger partial charge in [-0.25, -0.2) is 0 Å². The van der Waals surface area contributed by atoms with Gasteiger partial charge < -0.3 is 16.0 Å². The largest absolute Gasteiger partial charge is 0.325 e. The van der Waals surface area contributed by atoms with Crippen LogP contribution in [-0.2, 0) is 9.59 Å². The molecule has 1 atom stereocenters. The van der Waals surface area contributed by atoms with E-state index in [1.807, 2.05) is 13.0 Å².